The van der Waals surface area contributed by atoms with Crippen LogP contribution in [0.1, 0.15) is 23.7 Å². The third-order valence-corrected chi connectivity index (χ3v) is 2.29. The summed E-state index contributed by atoms with van der Waals surface area (Å²) in [6.07, 6.45) is -0.842. The van der Waals surface area contributed by atoms with Crippen molar-refractivity contribution in [2.24, 2.45) is 0 Å². The zero-order valence-corrected chi connectivity index (χ0v) is 8.97. The van der Waals surface area contributed by atoms with E-state index >= 15 is 0 Å². The van der Waals surface area contributed by atoms with Crippen LogP contribution < -0.4 is 0 Å². The summed E-state index contributed by atoms with van der Waals surface area (Å²) in [6, 6.07) is 8.05. The number of benzene rings is 1. The van der Waals surface area contributed by atoms with Crippen molar-refractivity contribution in [3.63, 3.8) is 0 Å². The van der Waals surface area contributed by atoms with Gasteiger partial charge in [-0.2, -0.15) is 0 Å². The number of carbonyl (C=O) groups is 1. The Morgan fingerprint density at radius 2 is 1.94 bits per heavy atom. The van der Waals surface area contributed by atoms with E-state index < -0.39 is 18.1 Å². The topological polar surface area (TPSA) is 17.1 Å². The number of rotatable bonds is 4. The van der Waals surface area contributed by atoms with Crippen molar-refractivity contribution in [2.45, 2.75) is 19.3 Å². The largest absolute Gasteiger partial charge is 0.294 e. The Labute approximate surface area is 93.1 Å². The van der Waals surface area contributed by atoms with E-state index in [1.165, 1.54) is 19.1 Å². The molecular formula is C13H12F2O. The zero-order chi connectivity index (χ0) is 12.2. The minimum Gasteiger partial charge on any atom is -0.294 e. The first-order valence-electron chi connectivity index (χ1n) is 4.80. The lowest BCUT2D eigenvalue weighted by molar-refractivity contribution is 0.0317. The minimum absolute atomic E-state index is 0.291. The van der Waals surface area contributed by atoms with E-state index in [2.05, 4.69) is 12.3 Å². The number of hydrogen-bond acceptors (Lipinski definition) is 1. The molecule has 0 aliphatic heterocycles. The molecule has 1 aromatic carbocycles. The molecular weight excluding hydrogens is 210 g/mol. The molecule has 16 heavy (non-hydrogen) atoms. The molecule has 0 saturated carbocycles. The van der Waals surface area contributed by atoms with Crippen LogP contribution in [0.15, 0.2) is 48.2 Å². The predicted molar refractivity (Wildman–Crippen MR) is 58.7 cm³/mol. The van der Waals surface area contributed by atoms with Crippen molar-refractivity contribution in [1.82, 2.24) is 0 Å². The molecule has 1 aromatic rings. The molecule has 0 aromatic heterocycles. The van der Waals surface area contributed by atoms with Crippen molar-refractivity contribution < 1.29 is 13.6 Å². The van der Waals surface area contributed by atoms with Crippen LogP contribution in [0, 0.1) is 0 Å². The molecule has 0 bridgehead atoms. The highest BCUT2D eigenvalue weighted by atomic mass is 19.3. The first-order chi connectivity index (χ1) is 7.47. The maximum atomic E-state index is 13.4. The molecule has 0 amide bonds. The van der Waals surface area contributed by atoms with E-state index in [0.29, 0.717) is 5.56 Å². The van der Waals surface area contributed by atoms with Gasteiger partial charge < -0.3 is 0 Å². The van der Waals surface area contributed by atoms with Crippen molar-refractivity contribution in [1.29, 1.82) is 0 Å². The predicted octanol–water partition coefficient (Wildman–Crippen LogP) is 3.63. The van der Waals surface area contributed by atoms with Crippen LogP contribution in [0.3, 0.4) is 0 Å². The van der Waals surface area contributed by atoms with Gasteiger partial charge in [-0.3, -0.25) is 4.79 Å². The van der Waals surface area contributed by atoms with Crippen LogP contribution in [-0.4, -0.2) is 11.7 Å². The summed E-state index contributed by atoms with van der Waals surface area (Å²) < 4.78 is 26.8. The second-order valence-corrected chi connectivity index (χ2v) is 3.47. The van der Waals surface area contributed by atoms with Crippen LogP contribution in [-0.2, 0) is 0 Å². The highest BCUT2D eigenvalue weighted by Gasteiger charge is 2.34. The second-order valence-electron chi connectivity index (χ2n) is 3.47. The highest BCUT2D eigenvalue weighted by molar-refractivity contribution is 5.96. The fourth-order valence-electron chi connectivity index (χ4n) is 1.19. The van der Waals surface area contributed by atoms with E-state index in [9.17, 15) is 13.6 Å². The fourth-order valence-corrected chi connectivity index (χ4v) is 1.19. The van der Waals surface area contributed by atoms with E-state index in [1.54, 1.807) is 18.2 Å². The van der Waals surface area contributed by atoms with Crippen molar-refractivity contribution in [2.75, 3.05) is 0 Å². The number of ketones is 1. The molecule has 0 heterocycles. The van der Waals surface area contributed by atoms with Gasteiger partial charge in [0, 0.05) is 11.1 Å². The Bertz CT molecular complexity index is 429. The highest BCUT2D eigenvalue weighted by Crippen LogP contribution is 2.28. The number of alkyl halides is 2. The summed E-state index contributed by atoms with van der Waals surface area (Å²) in [5.74, 6) is -3.76. The normalized spacial score (nSPS) is 10.7. The van der Waals surface area contributed by atoms with E-state index in [4.69, 9.17) is 0 Å². The SMILES string of the molecule is C=C=C(C)C(F)(F)CC(=O)c1ccccc1. The zero-order valence-electron chi connectivity index (χ0n) is 8.97. The molecule has 0 aliphatic rings. The van der Waals surface area contributed by atoms with Gasteiger partial charge in [-0.05, 0) is 6.92 Å². The van der Waals surface area contributed by atoms with E-state index in [1.807, 2.05) is 0 Å². The summed E-state index contributed by atoms with van der Waals surface area (Å²) >= 11 is 0. The van der Waals surface area contributed by atoms with Gasteiger partial charge in [-0.25, -0.2) is 8.78 Å². The Morgan fingerprint density at radius 1 is 1.38 bits per heavy atom. The van der Waals surface area contributed by atoms with Gasteiger partial charge in [-0.1, -0.05) is 36.9 Å². The number of halogens is 2. The molecule has 0 saturated heterocycles. The average Bonchev–Trinajstić information content (AvgIpc) is 2.28. The minimum atomic E-state index is -3.17. The average molecular weight is 222 g/mol. The molecule has 0 spiro atoms. The molecule has 0 radical (unpaired) electrons. The smallest absolute Gasteiger partial charge is 0.283 e. The van der Waals surface area contributed by atoms with Gasteiger partial charge in [0.05, 0.1) is 6.42 Å². The number of hydrogen-bond donors (Lipinski definition) is 0. The summed E-state index contributed by atoms with van der Waals surface area (Å²) in [6.45, 7) is 4.37. The fraction of sp³-hybridized carbons (Fsp3) is 0.231. The maximum absolute atomic E-state index is 13.4. The molecule has 0 N–H and O–H groups in total. The lowest BCUT2D eigenvalue weighted by Crippen LogP contribution is -2.22. The van der Waals surface area contributed by atoms with E-state index in [0.717, 1.165) is 0 Å². The van der Waals surface area contributed by atoms with Crippen molar-refractivity contribution in [3.05, 3.63) is 53.8 Å². The van der Waals surface area contributed by atoms with Gasteiger partial charge in [0.25, 0.3) is 5.92 Å². The molecule has 84 valence electrons. The van der Waals surface area contributed by atoms with Crippen LogP contribution in [0.2, 0.25) is 0 Å². The molecule has 3 heteroatoms. The van der Waals surface area contributed by atoms with E-state index in [-0.39, 0.29) is 5.57 Å². The maximum Gasteiger partial charge on any atom is 0.283 e. The first kappa shape index (κ1) is 12.3. The van der Waals surface area contributed by atoms with Gasteiger partial charge in [-0.15, -0.1) is 5.73 Å². The molecule has 0 fully saturated rings. The molecule has 0 unspecified atom stereocenters. The molecule has 1 nitrogen and oxygen atoms in total. The van der Waals surface area contributed by atoms with Gasteiger partial charge in [0.15, 0.2) is 5.78 Å². The van der Waals surface area contributed by atoms with Crippen LogP contribution in [0.5, 0.6) is 0 Å². The molecule has 0 aliphatic carbocycles. The number of allylic oxidation sites excluding steroid dienone is 1. The van der Waals surface area contributed by atoms with Gasteiger partial charge in [0.1, 0.15) is 0 Å². The quantitative estimate of drug-likeness (QED) is 0.561. The Kier molecular flexibility index (Phi) is 3.75. The Balaban J connectivity index is 2.84. The summed E-state index contributed by atoms with van der Waals surface area (Å²) in [7, 11) is 0. The van der Waals surface area contributed by atoms with Crippen LogP contribution >= 0.6 is 0 Å². The van der Waals surface area contributed by atoms with Crippen LogP contribution in [0.25, 0.3) is 0 Å². The monoisotopic (exact) mass is 222 g/mol. The first-order valence-corrected chi connectivity index (χ1v) is 4.80. The van der Waals surface area contributed by atoms with Crippen molar-refractivity contribution >= 4 is 5.78 Å². The molecule has 1 rings (SSSR count). The summed E-state index contributed by atoms with van der Waals surface area (Å²) in [5.41, 5.74) is 2.11. The Morgan fingerprint density at radius 3 is 2.44 bits per heavy atom. The summed E-state index contributed by atoms with van der Waals surface area (Å²) in [4.78, 5) is 11.5. The summed E-state index contributed by atoms with van der Waals surface area (Å²) in [5, 5.41) is 0. The number of Topliss-reactive ketones (excluding diaryl/α,β-unsaturated/α-hetero) is 1. The third-order valence-electron chi connectivity index (χ3n) is 2.29. The van der Waals surface area contributed by atoms with Crippen LogP contribution in [0.4, 0.5) is 8.78 Å². The number of carbonyl (C=O) groups excluding carboxylic acids is 1. The lowest BCUT2D eigenvalue weighted by Gasteiger charge is -2.14. The van der Waals surface area contributed by atoms with Gasteiger partial charge >= 0.3 is 0 Å². The second kappa shape index (κ2) is 4.86. The Hall–Kier alpha value is -1.73. The van der Waals surface area contributed by atoms with Gasteiger partial charge in [0.2, 0.25) is 0 Å². The third kappa shape index (κ3) is 2.88. The van der Waals surface area contributed by atoms with Crippen molar-refractivity contribution in [3.8, 4) is 0 Å². The standard InChI is InChI=1S/C13H12F2O/c1-3-10(2)13(14,15)9-12(16)11-7-5-4-6-8-11/h4-8H,1,9H2,2H3. The molecule has 0 atom stereocenters. The lowest BCUT2D eigenvalue weighted by atomic mass is 10.0.